The molecular weight excluding hydrogens is 188 g/mol. The predicted octanol–water partition coefficient (Wildman–Crippen LogP) is 2.98. The van der Waals surface area contributed by atoms with E-state index in [1.807, 2.05) is 6.08 Å². The summed E-state index contributed by atoms with van der Waals surface area (Å²) in [6.07, 6.45) is 10.7. The summed E-state index contributed by atoms with van der Waals surface area (Å²) in [5, 5.41) is 0. The maximum atomic E-state index is 5.76. The summed E-state index contributed by atoms with van der Waals surface area (Å²) >= 11 is 0. The molecular formula is C12H26OSi. The Morgan fingerprint density at radius 3 is 2.14 bits per heavy atom. The van der Waals surface area contributed by atoms with Crippen molar-refractivity contribution in [3.8, 4) is 0 Å². The minimum Gasteiger partial charge on any atom is -0.419 e. The van der Waals surface area contributed by atoms with Crippen LogP contribution in [0.3, 0.4) is 0 Å². The first-order valence-electron chi connectivity index (χ1n) is 5.93. The molecule has 0 aromatic heterocycles. The summed E-state index contributed by atoms with van der Waals surface area (Å²) in [6, 6.07) is 0. The van der Waals surface area contributed by atoms with E-state index in [0.717, 1.165) is 23.3 Å². The van der Waals surface area contributed by atoms with Crippen molar-refractivity contribution in [1.82, 2.24) is 0 Å². The number of hydrogen-bond acceptors (Lipinski definition) is 1. The van der Waals surface area contributed by atoms with Crippen molar-refractivity contribution in [2.45, 2.75) is 64.4 Å². The quantitative estimate of drug-likeness (QED) is 0.326. The maximum absolute atomic E-state index is 5.76. The topological polar surface area (TPSA) is 9.23 Å². The Morgan fingerprint density at radius 2 is 1.71 bits per heavy atom. The fraction of sp³-hybridized carbons (Fsp3) is 0.833. The molecule has 0 N–H and O–H groups in total. The standard InChI is InChI=1S/C12H26OSi/c1-4-7-9-11-12(6-3,13-14)10-8-5-2/h6H,3-5,7-11H2,1-2,14H3. The molecule has 0 radical (unpaired) electrons. The van der Waals surface area contributed by atoms with Crippen LogP contribution in [0.2, 0.25) is 0 Å². The number of rotatable bonds is 9. The van der Waals surface area contributed by atoms with Crippen LogP contribution in [0.4, 0.5) is 0 Å². The molecule has 0 aliphatic rings. The smallest absolute Gasteiger partial charge is 0.147 e. The van der Waals surface area contributed by atoms with Gasteiger partial charge in [0.05, 0.1) is 5.60 Å². The van der Waals surface area contributed by atoms with E-state index in [2.05, 4.69) is 20.4 Å². The average Bonchev–Trinajstić information content (AvgIpc) is 2.24. The van der Waals surface area contributed by atoms with Gasteiger partial charge in [0, 0.05) is 0 Å². The van der Waals surface area contributed by atoms with Crippen molar-refractivity contribution < 1.29 is 4.43 Å². The van der Waals surface area contributed by atoms with Crippen molar-refractivity contribution in [2.75, 3.05) is 0 Å². The van der Waals surface area contributed by atoms with Crippen molar-refractivity contribution in [3.63, 3.8) is 0 Å². The zero-order valence-corrected chi connectivity index (χ0v) is 12.1. The van der Waals surface area contributed by atoms with Gasteiger partial charge in [-0.05, 0) is 12.8 Å². The largest absolute Gasteiger partial charge is 0.419 e. The predicted molar refractivity (Wildman–Crippen MR) is 67.6 cm³/mol. The Bertz CT molecular complexity index is 147. The molecule has 2 heteroatoms. The van der Waals surface area contributed by atoms with Crippen LogP contribution in [0.25, 0.3) is 0 Å². The first-order valence-corrected chi connectivity index (χ1v) is 6.75. The van der Waals surface area contributed by atoms with Gasteiger partial charge in [0.15, 0.2) is 0 Å². The van der Waals surface area contributed by atoms with Gasteiger partial charge < -0.3 is 4.43 Å². The summed E-state index contributed by atoms with van der Waals surface area (Å²) in [5.41, 5.74) is 0.0113. The van der Waals surface area contributed by atoms with Crippen LogP contribution < -0.4 is 0 Å². The summed E-state index contributed by atoms with van der Waals surface area (Å²) in [7, 11) is 0.820. The molecule has 0 aliphatic carbocycles. The molecule has 1 unspecified atom stereocenters. The summed E-state index contributed by atoms with van der Waals surface area (Å²) in [6.45, 7) is 8.40. The number of hydrogen-bond donors (Lipinski definition) is 0. The van der Waals surface area contributed by atoms with E-state index in [9.17, 15) is 0 Å². The molecule has 0 aromatic carbocycles. The highest BCUT2D eigenvalue weighted by atomic mass is 28.2. The Kier molecular flexibility index (Phi) is 8.19. The van der Waals surface area contributed by atoms with E-state index >= 15 is 0 Å². The zero-order valence-electron chi connectivity index (χ0n) is 10.1. The van der Waals surface area contributed by atoms with Crippen LogP contribution in [-0.4, -0.2) is 16.1 Å². The summed E-state index contributed by atoms with van der Waals surface area (Å²) in [5.74, 6) is 0. The summed E-state index contributed by atoms with van der Waals surface area (Å²) < 4.78 is 5.76. The van der Waals surface area contributed by atoms with Crippen LogP contribution >= 0.6 is 0 Å². The SMILES string of the molecule is C=CC(CCCC)(CCCCC)O[SiH3]. The van der Waals surface area contributed by atoms with Gasteiger partial charge in [-0.15, -0.1) is 6.58 Å². The third-order valence-electron chi connectivity index (χ3n) is 2.94. The van der Waals surface area contributed by atoms with E-state index in [1.165, 1.54) is 32.1 Å². The normalized spacial score (nSPS) is 15.3. The van der Waals surface area contributed by atoms with Crippen molar-refractivity contribution in [3.05, 3.63) is 12.7 Å². The van der Waals surface area contributed by atoms with Crippen LogP contribution in [0.5, 0.6) is 0 Å². The van der Waals surface area contributed by atoms with E-state index in [4.69, 9.17) is 4.43 Å². The summed E-state index contributed by atoms with van der Waals surface area (Å²) in [4.78, 5) is 0. The van der Waals surface area contributed by atoms with E-state index in [-0.39, 0.29) is 5.60 Å². The van der Waals surface area contributed by atoms with Crippen molar-refractivity contribution in [2.24, 2.45) is 0 Å². The van der Waals surface area contributed by atoms with Crippen LogP contribution in [0, 0.1) is 0 Å². The monoisotopic (exact) mass is 214 g/mol. The molecule has 0 aliphatic heterocycles. The van der Waals surface area contributed by atoms with Crippen molar-refractivity contribution in [1.29, 1.82) is 0 Å². The lowest BCUT2D eigenvalue weighted by Crippen LogP contribution is -2.29. The fourth-order valence-corrected chi connectivity index (χ4v) is 2.34. The molecule has 0 aromatic rings. The lowest BCUT2D eigenvalue weighted by Gasteiger charge is -2.30. The third-order valence-corrected chi connectivity index (χ3v) is 3.75. The molecule has 0 rings (SSSR count). The third kappa shape index (κ3) is 4.96. The highest BCUT2D eigenvalue weighted by Gasteiger charge is 2.23. The molecule has 1 nitrogen and oxygen atoms in total. The van der Waals surface area contributed by atoms with Gasteiger partial charge in [0.25, 0.3) is 0 Å². The molecule has 0 saturated heterocycles. The maximum Gasteiger partial charge on any atom is 0.147 e. The van der Waals surface area contributed by atoms with Crippen LogP contribution in [-0.2, 0) is 4.43 Å². The Morgan fingerprint density at radius 1 is 1.14 bits per heavy atom. The van der Waals surface area contributed by atoms with Gasteiger partial charge in [0.2, 0.25) is 0 Å². The fourth-order valence-electron chi connectivity index (χ4n) is 1.77. The highest BCUT2D eigenvalue weighted by Crippen LogP contribution is 2.26. The molecule has 0 spiro atoms. The van der Waals surface area contributed by atoms with E-state index in [1.54, 1.807) is 0 Å². The first-order chi connectivity index (χ1) is 6.74. The Labute approximate surface area is 92.5 Å². The highest BCUT2D eigenvalue weighted by molar-refractivity contribution is 5.98. The molecule has 0 heterocycles. The molecule has 0 saturated carbocycles. The van der Waals surface area contributed by atoms with Gasteiger partial charge in [-0.3, -0.25) is 0 Å². The zero-order chi connectivity index (χ0) is 10.9. The second-order valence-corrected chi connectivity index (χ2v) is 4.44. The lowest BCUT2D eigenvalue weighted by atomic mass is 9.91. The molecule has 0 amide bonds. The number of unbranched alkanes of at least 4 members (excludes halogenated alkanes) is 3. The molecule has 0 bridgehead atoms. The van der Waals surface area contributed by atoms with Crippen LogP contribution in [0.15, 0.2) is 12.7 Å². The van der Waals surface area contributed by atoms with E-state index < -0.39 is 0 Å². The van der Waals surface area contributed by atoms with Gasteiger partial charge in [0.1, 0.15) is 10.5 Å². The Balaban J connectivity index is 4.00. The minimum absolute atomic E-state index is 0.0113. The van der Waals surface area contributed by atoms with Gasteiger partial charge in [-0.1, -0.05) is 52.0 Å². The van der Waals surface area contributed by atoms with Crippen LogP contribution in [0.1, 0.15) is 58.8 Å². The minimum atomic E-state index is 0.0113. The van der Waals surface area contributed by atoms with Gasteiger partial charge >= 0.3 is 0 Å². The lowest BCUT2D eigenvalue weighted by molar-refractivity contribution is 0.107. The second kappa shape index (κ2) is 8.24. The molecule has 84 valence electrons. The van der Waals surface area contributed by atoms with Gasteiger partial charge in [-0.2, -0.15) is 0 Å². The van der Waals surface area contributed by atoms with E-state index in [0.29, 0.717) is 0 Å². The molecule has 0 fully saturated rings. The first kappa shape index (κ1) is 13.9. The molecule has 1 atom stereocenters. The second-order valence-electron chi connectivity index (χ2n) is 4.03. The molecule has 14 heavy (non-hydrogen) atoms. The average molecular weight is 214 g/mol. The Hall–Kier alpha value is -0.0831. The van der Waals surface area contributed by atoms with Gasteiger partial charge in [-0.25, -0.2) is 0 Å². The van der Waals surface area contributed by atoms with Crippen molar-refractivity contribution >= 4 is 10.5 Å².